The van der Waals surface area contributed by atoms with E-state index in [9.17, 15) is 20.4 Å². The highest BCUT2D eigenvalue weighted by Crippen LogP contribution is 2.60. The van der Waals surface area contributed by atoms with Crippen LogP contribution < -0.4 is 4.74 Å². The summed E-state index contributed by atoms with van der Waals surface area (Å²) >= 11 is 0. The number of rotatable bonds is 36. The van der Waals surface area contributed by atoms with Crippen molar-refractivity contribution in [2.75, 3.05) is 85.9 Å². The first kappa shape index (κ1) is 69.3. The van der Waals surface area contributed by atoms with E-state index >= 15 is 0 Å². The molecule has 1 aromatic heterocycles. The number of nitrogens with zero attached hydrogens (tertiary/aromatic N) is 2. The van der Waals surface area contributed by atoms with Gasteiger partial charge in [0, 0.05) is 11.1 Å². The summed E-state index contributed by atoms with van der Waals surface area (Å²) < 4.78 is 37.2. The molecule has 10 aromatic carbocycles. The van der Waals surface area contributed by atoms with Crippen molar-refractivity contribution in [2.45, 2.75) is 82.0 Å². The highest BCUT2D eigenvalue weighted by molar-refractivity contribution is 5.92. The van der Waals surface area contributed by atoms with Crippen molar-refractivity contribution in [3.8, 4) is 73.2 Å². The number of aliphatic hydroxyl groups is 4. The molecule has 0 spiro atoms. The van der Waals surface area contributed by atoms with Gasteiger partial charge in [-0.2, -0.15) is 0 Å². The molecule has 0 saturated heterocycles. The molecule has 0 amide bonds. The smallest absolute Gasteiger partial charge is 0.248 e. The van der Waals surface area contributed by atoms with Crippen molar-refractivity contribution in [1.29, 1.82) is 0 Å². The number of unbranched alkanes of at least 4 members (excludes halogenated alkanes) is 5. The third-order valence-electron chi connectivity index (χ3n) is 19.9. The Balaban J connectivity index is 1.01. The fourth-order valence-corrected chi connectivity index (χ4v) is 15.5. The summed E-state index contributed by atoms with van der Waals surface area (Å²) in [6, 6.07) is 81.1. The van der Waals surface area contributed by atoms with E-state index in [4.69, 9.17) is 38.3 Å². The van der Waals surface area contributed by atoms with E-state index in [2.05, 4.69) is 207 Å². The Hall–Kier alpha value is -9.18. The van der Waals surface area contributed by atoms with E-state index in [1.54, 1.807) is 0 Å². The quantitative estimate of drug-likeness (QED) is 0.0275. The molecule has 0 atom stereocenters. The van der Waals surface area contributed by atoms with Crippen molar-refractivity contribution in [3.63, 3.8) is 0 Å². The Morgan fingerprint density at radius 1 is 0.300 bits per heavy atom. The summed E-state index contributed by atoms with van der Waals surface area (Å²) in [6.45, 7) is 5.40. The maximum Gasteiger partial charge on any atom is 0.248 e. The monoisotopic (exact) mass is 1330 g/mol. The average Bonchev–Trinajstić information content (AvgIpc) is 1.60. The van der Waals surface area contributed by atoms with E-state index in [1.807, 2.05) is 24.3 Å². The lowest BCUT2D eigenvalue weighted by molar-refractivity contribution is 0.0941. The van der Waals surface area contributed by atoms with Crippen LogP contribution in [0.3, 0.4) is 0 Å². The molecule has 13 rings (SSSR count). The number of hydrogen-bond donors (Lipinski definition) is 4. The first-order valence-electron chi connectivity index (χ1n) is 35.7. The molecule has 0 unspecified atom stereocenters. The second-order valence-electron chi connectivity index (χ2n) is 25.9. The van der Waals surface area contributed by atoms with Gasteiger partial charge in [0.1, 0.15) is 5.75 Å². The van der Waals surface area contributed by atoms with Gasteiger partial charge in [-0.3, -0.25) is 0 Å². The summed E-state index contributed by atoms with van der Waals surface area (Å²) in [5, 5.41) is 48.8. The van der Waals surface area contributed by atoms with Crippen LogP contribution in [-0.2, 0) is 55.5 Å². The Bertz CT molecular complexity index is 4180. The van der Waals surface area contributed by atoms with Crippen LogP contribution >= 0.6 is 0 Å². The summed E-state index contributed by atoms with van der Waals surface area (Å²) in [4.78, 5) is 0. The zero-order valence-corrected chi connectivity index (χ0v) is 57.3. The second-order valence-corrected chi connectivity index (χ2v) is 25.9. The van der Waals surface area contributed by atoms with Gasteiger partial charge < -0.3 is 48.5 Å². The summed E-state index contributed by atoms with van der Waals surface area (Å²) in [5.41, 5.74) is 22.0. The number of aliphatic hydroxyl groups excluding tert-OH is 4. The van der Waals surface area contributed by atoms with Crippen LogP contribution in [0, 0.1) is 0 Å². The Morgan fingerprint density at radius 3 is 1.05 bits per heavy atom. The Morgan fingerprint density at radius 2 is 0.640 bits per heavy atom. The molecule has 512 valence electrons. The molecular weight excluding hydrogens is 1240 g/mol. The van der Waals surface area contributed by atoms with Crippen LogP contribution in [0.5, 0.6) is 5.75 Å². The van der Waals surface area contributed by atoms with E-state index < -0.39 is 10.8 Å². The van der Waals surface area contributed by atoms with Crippen molar-refractivity contribution in [3.05, 3.63) is 291 Å². The minimum absolute atomic E-state index is 0.0575. The predicted octanol–water partition coefficient (Wildman–Crippen LogP) is 16.4. The third-order valence-corrected chi connectivity index (χ3v) is 19.9. The summed E-state index contributed by atoms with van der Waals surface area (Å²) in [7, 11) is 0. The van der Waals surface area contributed by atoms with Gasteiger partial charge in [0.25, 0.3) is 0 Å². The summed E-state index contributed by atoms with van der Waals surface area (Å²) in [6.07, 6.45) is 9.63. The van der Waals surface area contributed by atoms with Crippen LogP contribution in [0.25, 0.3) is 67.4 Å². The maximum atomic E-state index is 9.81. The fourth-order valence-electron chi connectivity index (χ4n) is 15.5. The van der Waals surface area contributed by atoms with Crippen LogP contribution in [0.4, 0.5) is 0 Å². The van der Waals surface area contributed by atoms with E-state index in [-0.39, 0.29) is 52.9 Å². The van der Waals surface area contributed by atoms with Gasteiger partial charge in [0.2, 0.25) is 11.8 Å². The van der Waals surface area contributed by atoms with Gasteiger partial charge in [-0.05, 0) is 198 Å². The minimum Gasteiger partial charge on any atom is -0.494 e. The Labute approximate surface area is 587 Å². The van der Waals surface area contributed by atoms with Gasteiger partial charge in [-0.1, -0.05) is 209 Å². The van der Waals surface area contributed by atoms with Gasteiger partial charge in [0.15, 0.2) is 0 Å². The molecule has 0 saturated carbocycles. The van der Waals surface area contributed by atoms with E-state index in [0.29, 0.717) is 70.5 Å². The molecule has 0 fully saturated rings. The fraction of sp³-hybridized carbons (Fsp3) is 0.295. The normalized spacial score (nSPS) is 13.1. The third kappa shape index (κ3) is 14.3. The second kappa shape index (κ2) is 33.3. The van der Waals surface area contributed by atoms with Crippen LogP contribution in [-0.4, -0.2) is 117 Å². The minimum atomic E-state index is -0.833. The van der Waals surface area contributed by atoms with Gasteiger partial charge >= 0.3 is 0 Å². The average molecular weight is 1340 g/mol. The molecule has 12 heteroatoms. The number of hydrogen-bond acceptors (Lipinski definition) is 12. The van der Waals surface area contributed by atoms with Crippen molar-refractivity contribution < 1.29 is 48.5 Å². The van der Waals surface area contributed by atoms with Gasteiger partial charge in [0.05, 0.1) is 96.7 Å². The first-order chi connectivity index (χ1) is 49.4. The molecule has 1 heterocycles. The molecule has 0 aliphatic heterocycles. The van der Waals surface area contributed by atoms with Crippen molar-refractivity contribution in [1.82, 2.24) is 10.2 Å². The highest BCUT2D eigenvalue weighted by Gasteiger charge is 2.50. The molecule has 4 N–H and O–H groups in total. The standard InChI is InChI=1S/C88H90N2O10/c1-2-3-4-5-6-19-48-99-72-36-32-66(33-37-72)85-89-90-86(100-85)71-58-69(67-34-38-75-73-24-11-17-30-81(73)87(83(75)60-67,77-26-13-7-20-62(77)40-49-95-53-44-91)78-27-14-8-21-63(78)41-50-96-54-45-92)57-70(59-71)68-35-39-76-74-25-12-18-31-82(74)88(84(76)61-68,79-28-15-9-22-64(79)42-51-97-55-46-93)80-29-16-10-23-65(80)43-52-98-56-47-94/h7-18,20-39,57-61,91-94H,2-6,19,40-56H2,1H3. The number of aromatic nitrogens is 2. The van der Waals surface area contributed by atoms with Crippen LogP contribution in [0.2, 0.25) is 0 Å². The van der Waals surface area contributed by atoms with Crippen molar-refractivity contribution >= 4 is 0 Å². The predicted molar refractivity (Wildman–Crippen MR) is 396 cm³/mol. The summed E-state index contributed by atoms with van der Waals surface area (Å²) in [5.74, 6) is 1.57. The van der Waals surface area contributed by atoms with Crippen molar-refractivity contribution in [2.24, 2.45) is 0 Å². The zero-order chi connectivity index (χ0) is 68.5. The maximum absolute atomic E-state index is 9.81. The first-order valence-corrected chi connectivity index (χ1v) is 35.7. The molecule has 2 aliphatic rings. The van der Waals surface area contributed by atoms with E-state index in [0.717, 1.165) is 130 Å². The molecule has 100 heavy (non-hydrogen) atoms. The molecule has 0 bridgehead atoms. The zero-order valence-electron chi connectivity index (χ0n) is 57.3. The lowest BCUT2D eigenvalue weighted by Crippen LogP contribution is -2.32. The molecular formula is C88H90N2O10. The number of benzene rings is 10. The van der Waals surface area contributed by atoms with Crippen LogP contribution in [0.15, 0.2) is 229 Å². The molecule has 0 radical (unpaired) electrons. The van der Waals surface area contributed by atoms with Gasteiger partial charge in [-0.15, -0.1) is 10.2 Å². The number of ether oxygens (including phenoxy) is 5. The lowest BCUT2D eigenvalue weighted by atomic mass is 9.64. The van der Waals surface area contributed by atoms with Gasteiger partial charge in [-0.25, -0.2) is 0 Å². The highest BCUT2D eigenvalue weighted by atomic mass is 16.5. The SMILES string of the molecule is CCCCCCCCOc1ccc(-c2nnc(-c3cc(-c4ccc5c(c4)C(c4ccccc4CCOCCO)(c4ccccc4CCOCCO)c4ccccc4-5)cc(-c4ccc5c(c4)C(c4ccccc4CCOCCO)(c4ccccc4CCOCCO)c4ccccc4-5)c3)o2)cc1. The topological polar surface area (TPSA) is 166 Å². The molecule has 12 nitrogen and oxygen atoms in total. The lowest BCUT2D eigenvalue weighted by Gasteiger charge is -2.37. The largest absolute Gasteiger partial charge is 0.494 e. The molecule has 2 aliphatic carbocycles. The number of fused-ring (bicyclic) bond motifs is 6. The molecule has 11 aromatic rings. The Kier molecular flexibility index (Phi) is 23.1. The van der Waals surface area contributed by atoms with Crippen LogP contribution in [0.1, 0.15) is 112 Å². The van der Waals surface area contributed by atoms with E-state index in [1.165, 1.54) is 36.8 Å².